The van der Waals surface area contributed by atoms with Crippen molar-refractivity contribution < 1.29 is 19.4 Å². The van der Waals surface area contributed by atoms with Crippen LogP contribution in [0.2, 0.25) is 0 Å². The third-order valence-electron chi connectivity index (χ3n) is 14.5. The molecule has 0 radical (unpaired) electrons. The number of benzene rings is 1. The molecular formula is C49H63N9O4S. The van der Waals surface area contributed by atoms with Crippen molar-refractivity contribution in [2.24, 2.45) is 16.2 Å². The Morgan fingerprint density at radius 1 is 0.921 bits per heavy atom. The van der Waals surface area contributed by atoms with Crippen LogP contribution in [0.25, 0.3) is 21.3 Å². The molecule has 13 nitrogen and oxygen atoms in total. The number of unbranched alkanes of at least 4 members (excludes halogenated alkanes) is 3. The number of ketones is 1. The third-order valence-corrected chi connectivity index (χ3v) is 15.4. The first-order valence-corrected chi connectivity index (χ1v) is 23.8. The first-order chi connectivity index (χ1) is 30.1. The number of likely N-dealkylation sites (N-methyl/N-ethyl adjacent to an activating group) is 1. The predicted molar refractivity (Wildman–Crippen MR) is 248 cm³/mol. The number of nitrogens with one attached hydrogen (secondary N) is 1. The molecule has 4 atom stereocenters. The Hall–Kier alpha value is -4.79. The van der Waals surface area contributed by atoms with Gasteiger partial charge in [0.05, 0.1) is 28.6 Å². The average molecular weight is 874 g/mol. The number of nitrogens with zero attached hydrogens (tertiary/aromatic N) is 8. The number of hydrogen-bond donors (Lipinski definition) is 2. The van der Waals surface area contributed by atoms with Gasteiger partial charge in [-0.3, -0.25) is 4.68 Å². The monoisotopic (exact) mass is 873 g/mol. The maximum absolute atomic E-state index is 13.0. The van der Waals surface area contributed by atoms with Gasteiger partial charge in [-0.25, -0.2) is 14.8 Å². The van der Waals surface area contributed by atoms with Gasteiger partial charge in [0, 0.05) is 54.0 Å². The van der Waals surface area contributed by atoms with Crippen molar-refractivity contribution in [1.29, 1.82) is 0 Å². The minimum atomic E-state index is -1.08. The number of fused-ring (bicyclic) bond motifs is 2. The topological polar surface area (TPSA) is 151 Å². The van der Waals surface area contributed by atoms with Gasteiger partial charge >= 0.3 is 5.97 Å². The van der Waals surface area contributed by atoms with Crippen LogP contribution in [0.3, 0.4) is 0 Å². The summed E-state index contributed by atoms with van der Waals surface area (Å²) in [7, 11) is 2.20. The summed E-state index contributed by atoms with van der Waals surface area (Å²) in [4.78, 5) is 38.2. The molecule has 0 spiro atoms. The number of thiazole rings is 1. The predicted octanol–water partition coefficient (Wildman–Crippen LogP) is 10.1. The van der Waals surface area contributed by atoms with E-state index in [-0.39, 0.29) is 33.3 Å². The Morgan fingerprint density at radius 3 is 2.46 bits per heavy atom. The summed E-state index contributed by atoms with van der Waals surface area (Å²) < 4.78 is 10.3. The molecule has 63 heavy (non-hydrogen) atoms. The number of carbonyl (C=O) groups is 2. The number of rotatable bonds is 18. The van der Waals surface area contributed by atoms with Gasteiger partial charge < -0.3 is 29.8 Å². The van der Waals surface area contributed by atoms with E-state index in [2.05, 4.69) is 59.0 Å². The Morgan fingerprint density at radius 2 is 1.70 bits per heavy atom. The lowest BCUT2D eigenvalue weighted by atomic mass is 9.39. The van der Waals surface area contributed by atoms with Crippen molar-refractivity contribution in [3.05, 3.63) is 65.1 Å². The van der Waals surface area contributed by atoms with Gasteiger partial charge in [0.15, 0.2) is 22.5 Å². The molecule has 4 fully saturated rings. The number of pyridine rings is 1. The molecule has 334 valence electrons. The number of Topliss-reactive ketones (excluding diaryl/α,β-unsaturated/α-hetero) is 1. The summed E-state index contributed by atoms with van der Waals surface area (Å²) in [6, 6.07) is 11.8. The number of anilines is 4. The molecule has 4 bridgehead atoms. The lowest BCUT2D eigenvalue weighted by Crippen LogP contribution is -2.64. The number of carboxylic acid groups (broad SMARTS) is 1. The number of ether oxygens (including phenoxy) is 1. The highest BCUT2D eigenvalue weighted by Crippen LogP contribution is 2.72. The lowest BCUT2D eigenvalue weighted by Gasteiger charge is -2.69. The zero-order valence-corrected chi connectivity index (χ0v) is 38.7. The molecule has 4 saturated carbocycles. The van der Waals surface area contributed by atoms with Crippen LogP contribution in [-0.2, 0) is 22.5 Å². The number of carbonyl (C=O) groups excluding carboxylic acids is 1. The van der Waals surface area contributed by atoms with Crippen molar-refractivity contribution in [3.63, 3.8) is 0 Å². The molecule has 1 aliphatic heterocycles. The van der Waals surface area contributed by atoms with Crippen LogP contribution in [0.5, 0.6) is 0 Å². The van der Waals surface area contributed by atoms with Crippen molar-refractivity contribution in [2.45, 2.75) is 130 Å². The summed E-state index contributed by atoms with van der Waals surface area (Å²) >= 11 is 1.58. The molecule has 1 aromatic carbocycles. The van der Waals surface area contributed by atoms with E-state index in [4.69, 9.17) is 19.8 Å². The first-order valence-electron chi connectivity index (χ1n) is 23.0. The van der Waals surface area contributed by atoms with Gasteiger partial charge in [-0.15, -0.1) is 10.2 Å². The van der Waals surface area contributed by atoms with E-state index < -0.39 is 5.97 Å². The minimum Gasteiger partial charge on any atom is -0.476 e. The van der Waals surface area contributed by atoms with E-state index >= 15 is 0 Å². The highest BCUT2D eigenvalue weighted by molar-refractivity contribution is 7.22. The smallest absolute Gasteiger partial charge is 0.355 e. The van der Waals surface area contributed by atoms with Crippen LogP contribution in [-0.4, -0.2) is 90.6 Å². The molecule has 4 aromatic heterocycles. The van der Waals surface area contributed by atoms with Crippen LogP contribution in [0.15, 0.2) is 42.6 Å². The molecule has 0 saturated heterocycles. The second kappa shape index (κ2) is 17.0. The maximum atomic E-state index is 13.0. The first kappa shape index (κ1) is 43.5. The maximum Gasteiger partial charge on any atom is 0.355 e. The number of aromatic carboxylic acids is 1. The van der Waals surface area contributed by atoms with Crippen molar-refractivity contribution in [3.8, 4) is 11.1 Å². The average Bonchev–Trinajstić information content (AvgIpc) is 3.79. The second-order valence-corrected chi connectivity index (χ2v) is 21.4. The minimum absolute atomic E-state index is 0.00112. The number of carboxylic acids is 1. The molecule has 4 aliphatic carbocycles. The molecule has 5 aromatic rings. The van der Waals surface area contributed by atoms with Crippen molar-refractivity contribution in [1.82, 2.24) is 34.8 Å². The van der Waals surface area contributed by atoms with Gasteiger partial charge in [0.2, 0.25) is 0 Å². The molecule has 14 heteroatoms. The Kier molecular flexibility index (Phi) is 11.7. The number of aromatic nitrogens is 6. The fraction of sp³-hybridized carbons (Fsp3) is 0.571. The standard InChI is InChI=1S/C49H63N9O4S/c1-32(59)14-9-7-8-12-20-56(6)22-23-62-49-28-46(4)25-47(5,29-49)27-48(26-46,30-49)31-58-34(3)37(24-50-58)36-18-19-40(52-41(36)44(60)61)57-21-13-15-35-33(2)42(54-55-43(35)57)53-45-51-38-16-10-11-17-39(38)63-45/h10-11,16-19,24H,7-9,12-15,20-23,25-31H2,1-6H3,(H,60,61)(H,51,53,54)/t46-,47+,48?,49?. The SMILES string of the molecule is CC(=O)CCCCCCN(C)CCOC12CC3(Cn4ncc(-c5ccc(N6CCCc7c6nnc(Nc6nc8ccccc8s6)c7C)nc5C(=O)O)c4C)C[C@@](C)(C1)C[C@](C)(C3)C2. The summed E-state index contributed by atoms with van der Waals surface area (Å²) in [6.45, 7) is 14.9. The molecule has 10 rings (SSSR count). The third kappa shape index (κ3) is 8.87. The van der Waals surface area contributed by atoms with E-state index in [0.29, 0.717) is 36.0 Å². The summed E-state index contributed by atoms with van der Waals surface area (Å²) in [5, 5.41) is 29.0. The van der Waals surface area contributed by atoms with E-state index in [9.17, 15) is 14.7 Å². The number of para-hydroxylation sites is 1. The Bertz CT molecular complexity index is 2480. The van der Waals surface area contributed by atoms with Crippen molar-refractivity contribution in [2.75, 3.05) is 43.5 Å². The van der Waals surface area contributed by atoms with Gasteiger partial charge in [-0.1, -0.05) is 50.2 Å². The molecule has 0 amide bonds. The van der Waals surface area contributed by atoms with E-state index in [0.717, 1.165) is 135 Å². The highest BCUT2D eigenvalue weighted by atomic mass is 32.1. The van der Waals surface area contributed by atoms with Crippen LogP contribution in [0.4, 0.5) is 22.6 Å². The van der Waals surface area contributed by atoms with E-state index in [1.807, 2.05) is 48.4 Å². The van der Waals surface area contributed by atoms with Gasteiger partial charge in [0.1, 0.15) is 11.6 Å². The van der Waals surface area contributed by atoms with Gasteiger partial charge in [-0.05, 0) is 139 Å². The van der Waals surface area contributed by atoms with Crippen LogP contribution >= 0.6 is 11.3 Å². The second-order valence-electron chi connectivity index (χ2n) is 20.4. The summed E-state index contributed by atoms with van der Waals surface area (Å²) in [5.41, 5.74) is 5.63. The number of hydrogen-bond acceptors (Lipinski definition) is 12. The highest BCUT2D eigenvalue weighted by Gasteiger charge is 2.66. The van der Waals surface area contributed by atoms with Crippen LogP contribution < -0.4 is 10.2 Å². The zero-order chi connectivity index (χ0) is 44.1. The van der Waals surface area contributed by atoms with Crippen molar-refractivity contribution >= 4 is 55.9 Å². The summed E-state index contributed by atoms with van der Waals surface area (Å²) in [6.07, 6.45) is 15.4. The molecule has 2 unspecified atom stereocenters. The van der Waals surface area contributed by atoms with Gasteiger partial charge in [-0.2, -0.15) is 5.10 Å². The fourth-order valence-electron chi connectivity index (χ4n) is 12.9. The largest absolute Gasteiger partial charge is 0.476 e. The van der Waals surface area contributed by atoms with E-state index in [1.54, 1.807) is 18.3 Å². The Labute approximate surface area is 375 Å². The Balaban J connectivity index is 0.901. The quantitative estimate of drug-likeness (QED) is 0.0807. The van der Waals surface area contributed by atoms with Gasteiger partial charge in [0.25, 0.3) is 0 Å². The van der Waals surface area contributed by atoms with Crippen LogP contribution in [0, 0.1) is 30.1 Å². The fourth-order valence-corrected chi connectivity index (χ4v) is 13.8. The normalized spacial score (nSPS) is 25.0. The van der Waals surface area contributed by atoms with Crippen LogP contribution in [0.1, 0.15) is 125 Å². The van der Waals surface area contributed by atoms with E-state index in [1.165, 1.54) is 6.42 Å². The lowest BCUT2D eigenvalue weighted by molar-refractivity contribution is -0.248. The molecule has 5 heterocycles. The summed E-state index contributed by atoms with van der Waals surface area (Å²) in [5.74, 6) is 1.12. The zero-order valence-electron chi connectivity index (χ0n) is 37.9. The molecule has 5 aliphatic rings. The molecular weight excluding hydrogens is 811 g/mol. The molecule has 2 N–H and O–H groups in total.